The summed E-state index contributed by atoms with van der Waals surface area (Å²) < 4.78 is 37.4. The van der Waals surface area contributed by atoms with Crippen LogP contribution in [0, 0.1) is 11.6 Å². The van der Waals surface area contributed by atoms with E-state index in [9.17, 15) is 8.78 Å². The largest absolute Gasteiger partial charge is 0.478 e. The maximum atomic E-state index is 13.3. The first-order valence-corrected chi connectivity index (χ1v) is 4.78. The van der Waals surface area contributed by atoms with E-state index in [0.717, 1.165) is 12.1 Å². The number of ether oxygens (including phenoxy) is 2. The Morgan fingerprint density at radius 1 is 1.00 bits per heavy atom. The molecule has 80 valence electrons. The van der Waals surface area contributed by atoms with E-state index in [2.05, 4.69) is 5.32 Å². The molecule has 2 unspecified atom stereocenters. The molecule has 0 aromatic heterocycles. The van der Waals surface area contributed by atoms with Crippen molar-refractivity contribution in [1.29, 1.82) is 0 Å². The smallest absolute Gasteiger partial charge is 0.200 e. The Morgan fingerprint density at radius 2 is 1.47 bits per heavy atom. The van der Waals surface area contributed by atoms with Crippen molar-refractivity contribution in [1.82, 2.24) is 5.32 Å². The van der Waals surface area contributed by atoms with Crippen LogP contribution >= 0.6 is 0 Å². The number of nitrogens with one attached hydrogen (secondary N) is 1. The van der Waals surface area contributed by atoms with Crippen LogP contribution in [0.4, 0.5) is 8.78 Å². The van der Waals surface area contributed by atoms with E-state index in [0.29, 0.717) is 13.1 Å². The van der Waals surface area contributed by atoms with E-state index in [1.807, 2.05) is 0 Å². The Balaban J connectivity index is 2.06. The molecule has 1 N–H and O–H groups in total. The molecule has 0 bridgehead atoms. The number of hydrogen-bond donors (Lipinski definition) is 1. The summed E-state index contributed by atoms with van der Waals surface area (Å²) in [6.07, 6.45) is -0.456. The summed E-state index contributed by atoms with van der Waals surface area (Å²) in [5, 5.41) is 3.04. The Kier molecular flexibility index (Phi) is 1.82. The first-order chi connectivity index (χ1) is 7.25. The second-order valence-electron chi connectivity index (χ2n) is 3.66. The van der Waals surface area contributed by atoms with Gasteiger partial charge in [0.15, 0.2) is 11.6 Å². The van der Waals surface area contributed by atoms with Crippen LogP contribution in [0.1, 0.15) is 0 Å². The first kappa shape index (κ1) is 8.91. The fraction of sp³-hybridized carbons (Fsp3) is 0.400. The maximum Gasteiger partial charge on any atom is 0.200 e. The molecule has 15 heavy (non-hydrogen) atoms. The minimum atomic E-state index is -0.586. The van der Waals surface area contributed by atoms with Gasteiger partial charge in [0.1, 0.15) is 12.2 Å². The summed E-state index contributed by atoms with van der Waals surface area (Å²) in [5.74, 6) is -1.39. The zero-order chi connectivity index (χ0) is 10.4. The van der Waals surface area contributed by atoms with Crippen molar-refractivity contribution in [2.45, 2.75) is 12.2 Å². The lowest BCUT2D eigenvalue weighted by molar-refractivity contribution is 0.0467. The van der Waals surface area contributed by atoms with Crippen LogP contribution in [0.15, 0.2) is 12.1 Å². The minimum Gasteiger partial charge on any atom is -0.478 e. The molecule has 1 aromatic carbocycles. The van der Waals surface area contributed by atoms with Gasteiger partial charge in [0, 0.05) is 13.1 Å². The zero-order valence-electron chi connectivity index (χ0n) is 7.80. The van der Waals surface area contributed by atoms with E-state index >= 15 is 0 Å². The van der Waals surface area contributed by atoms with Gasteiger partial charge in [0.25, 0.3) is 0 Å². The Morgan fingerprint density at radius 3 is 1.93 bits per heavy atom. The van der Waals surface area contributed by atoms with Gasteiger partial charge in [-0.25, -0.2) is 8.78 Å². The zero-order valence-corrected chi connectivity index (χ0v) is 7.80. The standard InChI is InChI=1S/C10H9F2NO2/c11-5-1-2-6(12)10-9(5)14-7-3-13-4-8(7)15-10/h1-2,7-8,13H,3-4H2. The van der Waals surface area contributed by atoms with E-state index in [1.165, 1.54) is 0 Å². The average Bonchev–Trinajstić information content (AvgIpc) is 2.69. The summed E-state index contributed by atoms with van der Waals surface area (Å²) >= 11 is 0. The Labute approximate surface area is 85.0 Å². The molecule has 2 aliphatic heterocycles. The van der Waals surface area contributed by atoms with Gasteiger partial charge >= 0.3 is 0 Å². The van der Waals surface area contributed by atoms with Gasteiger partial charge in [-0.1, -0.05) is 0 Å². The summed E-state index contributed by atoms with van der Waals surface area (Å²) in [6, 6.07) is 2.08. The molecular weight excluding hydrogens is 204 g/mol. The molecule has 0 saturated carbocycles. The van der Waals surface area contributed by atoms with Crippen LogP contribution in [0.3, 0.4) is 0 Å². The summed E-state index contributed by atoms with van der Waals surface area (Å²) in [4.78, 5) is 0. The van der Waals surface area contributed by atoms with E-state index < -0.39 is 11.6 Å². The summed E-state index contributed by atoms with van der Waals surface area (Å²) in [5.41, 5.74) is 0. The van der Waals surface area contributed by atoms with Gasteiger partial charge in [-0.15, -0.1) is 0 Å². The third kappa shape index (κ3) is 1.26. The fourth-order valence-electron chi connectivity index (χ4n) is 1.90. The molecule has 0 spiro atoms. The topological polar surface area (TPSA) is 30.5 Å². The van der Waals surface area contributed by atoms with Gasteiger partial charge in [0.2, 0.25) is 11.5 Å². The molecule has 1 fully saturated rings. The normalized spacial score (nSPS) is 27.6. The third-order valence-electron chi connectivity index (χ3n) is 2.66. The van der Waals surface area contributed by atoms with Crippen molar-refractivity contribution in [3.8, 4) is 11.5 Å². The van der Waals surface area contributed by atoms with E-state index in [4.69, 9.17) is 9.47 Å². The fourth-order valence-corrected chi connectivity index (χ4v) is 1.90. The van der Waals surface area contributed by atoms with Crippen LogP contribution < -0.4 is 14.8 Å². The highest BCUT2D eigenvalue weighted by atomic mass is 19.1. The molecule has 0 amide bonds. The number of halogens is 2. The second-order valence-corrected chi connectivity index (χ2v) is 3.66. The van der Waals surface area contributed by atoms with E-state index in [-0.39, 0.29) is 23.7 Å². The first-order valence-electron chi connectivity index (χ1n) is 4.78. The van der Waals surface area contributed by atoms with Crippen LogP contribution in [0.5, 0.6) is 11.5 Å². The molecule has 5 heteroatoms. The number of fused-ring (bicyclic) bond motifs is 2. The lowest BCUT2D eigenvalue weighted by atomic mass is 10.2. The number of hydrogen-bond acceptors (Lipinski definition) is 3. The number of benzene rings is 1. The maximum absolute atomic E-state index is 13.3. The van der Waals surface area contributed by atoms with Gasteiger partial charge < -0.3 is 14.8 Å². The van der Waals surface area contributed by atoms with Crippen LogP contribution in [0.25, 0.3) is 0 Å². The highest BCUT2D eigenvalue weighted by Gasteiger charge is 2.38. The molecule has 0 aliphatic carbocycles. The Hall–Kier alpha value is -1.36. The molecule has 3 nitrogen and oxygen atoms in total. The lowest BCUT2D eigenvalue weighted by Gasteiger charge is -2.28. The van der Waals surface area contributed by atoms with Gasteiger partial charge in [0.05, 0.1) is 0 Å². The quantitative estimate of drug-likeness (QED) is 0.699. The molecule has 1 aromatic rings. The van der Waals surface area contributed by atoms with Crippen molar-refractivity contribution < 1.29 is 18.3 Å². The molecule has 2 aliphatic rings. The molecule has 1 saturated heterocycles. The number of rotatable bonds is 0. The average molecular weight is 213 g/mol. The van der Waals surface area contributed by atoms with Crippen molar-refractivity contribution in [2.75, 3.05) is 13.1 Å². The van der Waals surface area contributed by atoms with E-state index in [1.54, 1.807) is 0 Å². The highest BCUT2D eigenvalue weighted by molar-refractivity contribution is 5.44. The van der Waals surface area contributed by atoms with Crippen molar-refractivity contribution in [2.24, 2.45) is 0 Å². The molecule has 3 rings (SSSR count). The van der Waals surface area contributed by atoms with Gasteiger partial charge in [-0.05, 0) is 12.1 Å². The summed E-state index contributed by atoms with van der Waals surface area (Å²) in [6.45, 7) is 1.19. The van der Waals surface area contributed by atoms with Crippen molar-refractivity contribution >= 4 is 0 Å². The highest BCUT2D eigenvalue weighted by Crippen LogP contribution is 2.39. The second kappa shape index (κ2) is 3.06. The molecule has 2 heterocycles. The SMILES string of the molecule is Fc1ccc(F)c2c1OC1CNCC1O2. The predicted molar refractivity (Wildman–Crippen MR) is 48.1 cm³/mol. The minimum absolute atomic E-state index is 0.111. The molecule has 2 atom stereocenters. The lowest BCUT2D eigenvalue weighted by Crippen LogP contribution is -2.39. The van der Waals surface area contributed by atoms with Crippen molar-refractivity contribution in [3.05, 3.63) is 23.8 Å². The van der Waals surface area contributed by atoms with Crippen LogP contribution in [-0.2, 0) is 0 Å². The van der Waals surface area contributed by atoms with Crippen molar-refractivity contribution in [3.63, 3.8) is 0 Å². The van der Waals surface area contributed by atoms with Crippen LogP contribution in [-0.4, -0.2) is 25.3 Å². The monoisotopic (exact) mass is 213 g/mol. The van der Waals surface area contributed by atoms with Crippen LogP contribution in [0.2, 0.25) is 0 Å². The summed E-state index contributed by atoms with van der Waals surface area (Å²) in [7, 11) is 0. The molecular formula is C10H9F2NO2. The third-order valence-corrected chi connectivity index (χ3v) is 2.66. The predicted octanol–water partition coefficient (Wildman–Crippen LogP) is 1.08. The Bertz CT molecular complexity index is 374. The van der Waals surface area contributed by atoms with Gasteiger partial charge in [-0.2, -0.15) is 0 Å². The van der Waals surface area contributed by atoms with Gasteiger partial charge in [-0.3, -0.25) is 0 Å². The molecule has 0 radical (unpaired) electrons.